The standard InChI is InChI=1S/C15H23NS/c17-11-5-9-15-8-4-10-16(13-15)12-14-6-2-1-3-7-14/h1-3,6-7,15,17H,4-5,8-13H2/t15-/m0/s1. The van der Waals surface area contributed by atoms with Gasteiger partial charge in [0.1, 0.15) is 0 Å². The molecule has 1 aromatic rings. The summed E-state index contributed by atoms with van der Waals surface area (Å²) < 4.78 is 0. The highest BCUT2D eigenvalue weighted by atomic mass is 32.1. The van der Waals surface area contributed by atoms with Gasteiger partial charge in [0, 0.05) is 13.1 Å². The van der Waals surface area contributed by atoms with Crippen molar-refractivity contribution < 1.29 is 0 Å². The van der Waals surface area contributed by atoms with Crippen LogP contribution >= 0.6 is 12.6 Å². The molecule has 0 amide bonds. The van der Waals surface area contributed by atoms with E-state index in [1.165, 1.54) is 44.3 Å². The van der Waals surface area contributed by atoms with E-state index in [9.17, 15) is 0 Å². The van der Waals surface area contributed by atoms with E-state index >= 15 is 0 Å². The number of benzene rings is 1. The third-order valence-electron chi connectivity index (χ3n) is 3.62. The fourth-order valence-electron chi connectivity index (χ4n) is 2.75. The van der Waals surface area contributed by atoms with Crippen molar-refractivity contribution in [1.29, 1.82) is 0 Å². The van der Waals surface area contributed by atoms with Gasteiger partial charge in [-0.2, -0.15) is 12.6 Å². The maximum absolute atomic E-state index is 4.31. The van der Waals surface area contributed by atoms with Crippen LogP contribution in [-0.4, -0.2) is 23.7 Å². The zero-order valence-electron chi connectivity index (χ0n) is 10.5. The molecule has 2 heteroatoms. The zero-order valence-corrected chi connectivity index (χ0v) is 11.4. The lowest BCUT2D eigenvalue weighted by atomic mass is 9.93. The Morgan fingerprint density at radius 3 is 2.82 bits per heavy atom. The molecule has 0 spiro atoms. The monoisotopic (exact) mass is 249 g/mol. The summed E-state index contributed by atoms with van der Waals surface area (Å²) in [7, 11) is 0. The molecule has 1 nitrogen and oxygen atoms in total. The van der Waals surface area contributed by atoms with Crippen LogP contribution in [0.5, 0.6) is 0 Å². The van der Waals surface area contributed by atoms with Gasteiger partial charge in [0.05, 0.1) is 0 Å². The third kappa shape index (κ3) is 4.36. The van der Waals surface area contributed by atoms with E-state index < -0.39 is 0 Å². The Balaban J connectivity index is 1.81. The van der Waals surface area contributed by atoms with Crippen molar-refractivity contribution in [3.05, 3.63) is 35.9 Å². The van der Waals surface area contributed by atoms with Crippen LogP contribution in [0.25, 0.3) is 0 Å². The van der Waals surface area contributed by atoms with Crippen LogP contribution in [0.15, 0.2) is 30.3 Å². The lowest BCUT2D eigenvalue weighted by Crippen LogP contribution is -2.34. The summed E-state index contributed by atoms with van der Waals surface area (Å²) in [6.45, 7) is 3.67. The summed E-state index contributed by atoms with van der Waals surface area (Å²) in [5.74, 6) is 1.94. The Hall–Kier alpha value is -0.470. The van der Waals surface area contributed by atoms with Gasteiger partial charge in [-0.05, 0) is 49.5 Å². The first-order valence-electron chi connectivity index (χ1n) is 6.75. The molecule has 0 N–H and O–H groups in total. The second-order valence-corrected chi connectivity index (χ2v) is 5.54. The highest BCUT2D eigenvalue weighted by molar-refractivity contribution is 7.80. The van der Waals surface area contributed by atoms with Crippen molar-refractivity contribution in [3.8, 4) is 0 Å². The van der Waals surface area contributed by atoms with Crippen LogP contribution in [0.4, 0.5) is 0 Å². The molecule has 0 saturated carbocycles. The molecule has 0 unspecified atom stereocenters. The molecule has 0 aliphatic carbocycles. The molecule has 1 aliphatic heterocycles. The zero-order chi connectivity index (χ0) is 11.9. The van der Waals surface area contributed by atoms with E-state index in [0.717, 1.165) is 18.2 Å². The Bertz CT molecular complexity index is 312. The minimum absolute atomic E-state index is 0.902. The number of rotatable bonds is 5. The highest BCUT2D eigenvalue weighted by Crippen LogP contribution is 2.22. The predicted molar refractivity (Wildman–Crippen MR) is 77.5 cm³/mol. The normalized spacial score (nSPS) is 21.6. The van der Waals surface area contributed by atoms with Crippen molar-refractivity contribution in [2.75, 3.05) is 18.8 Å². The molecule has 0 bridgehead atoms. The lowest BCUT2D eigenvalue weighted by Gasteiger charge is -2.32. The van der Waals surface area contributed by atoms with Gasteiger partial charge in [-0.15, -0.1) is 0 Å². The maximum Gasteiger partial charge on any atom is 0.0233 e. The minimum Gasteiger partial charge on any atom is -0.299 e. The summed E-state index contributed by atoms with van der Waals surface area (Å²) in [5, 5.41) is 0. The largest absolute Gasteiger partial charge is 0.299 e. The molecular weight excluding hydrogens is 226 g/mol. The fraction of sp³-hybridized carbons (Fsp3) is 0.600. The first-order valence-corrected chi connectivity index (χ1v) is 7.39. The second kappa shape index (κ2) is 7.07. The molecule has 1 aromatic carbocycles. The van der Waals surface area contributed by atoms with Crippen molar-refractivity contribution in [2.45, 2.75) is 32.2 Å². The van der Waals surface area contributed by atoms with E-state index in [0.29, 0.717) is 0 Å². The van der Waals surface area contributed by atoms with Crippen LogP contribution < -0.4 is 0 Å². The Morgan fingerprint density at radius 1 is 1.24 bits per heavy atom. The molecule has 94 valence electrons. The molecule has 17 heavy (non-hydrogen) atoms. The molecule has 2 rings (SSSR count). The van der Waals surface area contributed by atoms with Crippen LogP contribution in [0.3, 0.4) is 0 Å². The molecule has 1 fully saturated rings. The lowest BCUT2D eigenvalue weighted by molar-refractivity contribution is 0.161. The SMILES string of the molecule is SCCC[C@@H]1CCCN(Cc2ccccc2)C1. The van der Waals surface area contributed by atoms with Gasteiger partial charge in [0.25, 0.3) is 0 Å². The third-order valence-corrected chi connectivity index (χ3v) is 3.94. The van der Waals surface area contributed by atoms with Crippen molar-refractivity contribution >= 4 is 12.6 Å². The van der Waals surface area contributed by atoms with Crippen molar-refractivity contribution in [2.24, 2.45) is 5.92 Å². The Kier molecular flexibility index (Phi) is 5.40. The molecule has 0 aromatic heterocycles. The van der Waals surface area contributed by atoms with Gasteiger partial charge in [-0.1, -0.05) is 30.3 Å². The summed E-state index contributed by atoms with van der Waals surface area (Å²) in [6, 6.07) is 10.8. The summed E-state index contributed by atoms with van der Waals surface area (Å²) in [6.07, 6.45) is 5.41. The molecule has 1 heterocycles. The number of hydrogen-bond donors (Lipinski definition) is 1. The first-order chi connectivity index (χ1) is 8.38. The molecular formula is C15H23NS. The van der Waals surface area contributed by atoms with Gasteiger partial charge in [-0.25, -0.2) is 0 Å². The number of likely N-dealkylation sites (tertiary alicyclic amines) is 1. The molecule has 1 atom stereocenters. The van der Waals surface area contributed by atoms with Gasteiger partial charge in [0.2, 0.25) is 0 Å². The first kappa shape index (κ1) is 13.0. The number of hydrogen-bond acceptors (Lipinski definition) is 2. The highest BCUT2D eigenvalue weighted by Gasteiger charge is 2.19. The quantitative estimate of drug-likeness (QED) is 0.780. The van der Waals surface area contributed by atoms with Gasteiger partial charge < -0.3 is 0 Å². The van der Waals surface area contributed by atoms with Crippen LogP contribution in [0.1, 0.15) is 31.2 Å². The summed E-state index contributed by atoms with van der Waals surface area (Å²) in [4.78, 5) is 2.61. The van der Waals surface area contributed by atoms with E-state index in [1.54, 1.807) is 0 Å². The summed E-state index contributed by atoms with van der Waals surface area (Å²) >= 11 is 4.31. The van der Waals surface area contributed by atoms with Gasteiger partial charge >= 0.3 is 0 Å². The second-order valence-electron chi connectivity index (χ2n) is 5.09. The van der Waals surface area contributed by atoms with E-state index in [-0.39, 0.29) is 0 Å². The smallest absolute Gasteiger partial charge is 0.0233 e. The average molecular weight is 249 g/mol. The fourth-order valence-corrected chi connectivity index (χ4v) is 2.93. The molecule has 0 radical (unpaired) electrons. The molecule has 1 saturated heterocycles. The van der Waals surface area contributed by atoms with Gasteiger partial charge in [-0.3, -0.25) is 4.90 Å². The van der Waals surface area contributed by atoms with Crippen LogP contribution in [-0.2, 0) is 6.54 Å². The Morgan fingerprint density at radius 2 is 2.06 bits per heavy atom. The van der Waals surface area contributed by atoms with E-state index in [4.69, 9.17) is 0 Å². The van der Waals surface area contributed by atoms with E-state index in [1.807, 2.05) is 0 Å². The minimum atomic E-state index is 0.902. The maximum atomic E-state index is 4.31. The average Bonchev–Trinajstić information content (AvgIpc) is 2.38. The topological polar surface area (TPSA) is 3.24 Å². The summed E-state index contributed by atoms with van der Waals surface area (Å²) in [5.41, 5.74) is 1.45. The number of piperidine rings is 1. The van der Waals surface area contributed by atoms with Crippen LogP contribution in [0.2, 0.25) is 0 Å². The predicted octanol–water partition coefficient (Wildman–Crippen LogP) is 3.61. The van der Waals surface area contributed by atoms with Crippen molar-refractivity contribution in [1.82, 2.24) is 4.90 Å². The number of thiol groups is 1. The Labute approximate surface area is 111 Å². The number of nitrogens with zero attached hydrogens (tertiary/aromatic N) is 1. The van der Waals surface area contributed by atoms with E-state index in [2.05, 4.69) is 47.9 Å². The van der Waals surface area contributed by atoms with Gasteiger partial charge in [0.15, 0.2) is 0 Å². The molecule has 1 aliphatic rings. The van der Waals surface area contributed by atoms with Crippen LogP contribution in [0, 0.1) is 5.92 Å². The van der Waals surface area contributed by atoms with Crippen molar-refractivity contribution in [3.63, 3.8) is 0 Å².